The lowest BCUT2D eigenvalue weighted by atomic mass is 9.99. The first kappa shape index (κ1) is 34.3. The molecule has 0 aliphatic rings. The van der Waals surface area contributed by atoms with Crippen molar-refractivity contribution in [1.82, 2.24) is 4.98 Å². The summed E-state index contributed by atoms with van der Waals surface area (Å²) in [5.74, 6) is 0.619. The van der Waals surface area contributed by atoms with Crippen LogP contribution >= 0.6 is 0 Å². The summed E-state index contributed by atoms with van der Waals surface area (Å²) >= 11 is 0. The van der Waals surface area contributed by atoms with Crippen molar-refractivity contribution in [3.8, 4) is 11.5 Å². The molecular weight excluding hydrogens is 749 g/mol. The zero-order valence-corrected chi connectivity index (χ0v) is 33.4. The summed E-state index contributed by atoms with van der Waals surface area (Å²) in [5.41, 5.74) is 7.58. The van der Waals surface area contributed by atoms with Crippen LogP contribution in [0.4, 0.5) is 17.1 Å². The molecule has 0 aliphatic carbocycles. The van der Waals surface area contributed by atoms with Gasteiger partial charge in [0, 0.05) is 38.5 Å². The molecule has 0 N–H and O–H groups in total. The van der Waals surface area contributed by atoms with E-state index in [2.05, 4.69) is 175 Å². The normalized spacial score (nSPS) is 11.8. The molecule has 0 fully saturated rings. The van der Waals surface area contributed by atoms with Crippen LogP contribution in [0.25, 0.3) is 76.8 Å². The highest BCUT2D eigenvalue weighted by Crippen LogP contribution is 2.43. The molecule has 0 amide bonds. The quantitative estimate of drug-likeness (QED) is 0.0917. The lowest BCUT2D eigenvalue weighted by Gasteiger charge is -2.28. The van der Waals surface area contributed by atoms with Gasteiger partial charge in [0.1, 0.15) is 16.7 Å². The molecule has 0 unspecified atom stereocenters. The molecule has 1 radical (unpaired) electrons. The van der Waals surface area contributed by atoms with Crippen LogP contribution in [0.15, 0.2) is 221 Å². The molecule has 4 nitrogen and oxygen atoms in total. The Hall–Kier alpha value is -7.73. The van der Waals surface area contributed by atoms with Crippen molar-refractivity contribution >= 4 is 107 Å². The van der Waals surface area contributed by atoms with E-state index in [0.29, 0.717) is 5.89 Å². The van der Waals surface area contributed by atoms with E-state index in [1.807, 2.05) is 42.5 Å². The molecule has 0 bridgehead atoms. The van der Waals surface area contributed by atoms with E-state index >= 15 is 0 Å². The van der Waals surface area contributed by atoms with Crippen molar-refractivity contribution in [2.45, 2.75) is 0 Å². The van der Waals surface area contributed by atoms with Crippen LogP contribution in [0.1, 0.15) is 0 Å². The predicted molar refractivity (Wildman–Crippen MR) is 251 cm³/mol. The molecule has 0 aliphatic heterocycles. The fraction of sp³-hybridized carbons (Fsp3) is 0. The van der Waals surface area contributed by atoms with Gasteiger partial charge in [0.05, 0.1) is 5.69 Å². The zero-order chi connectivity index (χ0) is 39.6. The number of oxazole rings is 1. The number of hydrogen-bond acceptors (Lipinski definition) is 4. The molecule has 0 spiro atoms. The summed E-state index contributed by atoms with van der Waals surface area (Å²) in [6, 6.07) is 76.1. The largest absolute Gasteiger partial charge is 0.456 e. The molecule has 281 valence electrons. The van der Waals surface area contributed by atoms with Crippen LogP contribution in [-0.2, 0) is 0 Å². The third-order valence-corrected chi connectivity index (χ3v) is 14.4. The molecule has 0 saturated heterocycles. The van der Waals surface area contributed by atoms with E-state index < -0.39 is 8.80 Å². The Morgan fingerprint density at radius 3 is 1.88 bits per heavy atom. The summed E-state index contributed by atoms with van der Waals surface area (Å²) < 4.78 is 13.1. The van der Waals surface area contributed by atoms with Gasteiger partial charge < -0.3 is 13.7 Å². The number of rotatable bonds is 7. The lowest BCUT2D eigenvalue weighted by Crippen LogP contribution is -2.51. The third-order valence-electron chi connectivity index (χ3n) is 11.7. The van der Waals surface area contributed by atoms with Gasteiger partial charge in [-0.05, 0) is 93.5 Å². The van der Waals surface area contributed by atoms with Crippen molar-refractivity contribution in [3.05, 3.63) is 212 Å². The Labute approximate surface area is 347 Å². The van der Waals surface area contributed by atoms with E-state index in [9.17, 15) is 0 Å². The SMILES string of the molecule is c1ccc(-c2nc3ccc4ccc5ccc(N(c6cccc([Si](c7ccccc7)c7ccccc7)c6)c6cccc7cc8oc9ccccc9c8cc67)cc5c4c3o2)cc1. The maximum atomic E-state index is 6.67. The monoisotopic (exact) mass is 783 g/mol. The van der Waals surface area contributed by atoms with Crippen LogP contribution in [0.5, 0.6) is 0 Å². The number of fused-ring (bicyclic) bond motifs is 9. The first-order valence-electron chi connectivity index (χ1n) is 20.3. The topological polar surface area (TPSA) is 42.4 Å². The van der Waals surface area contributed by atoms with Crippen LogP contribution in [0.3, 0.4) is 0 Å². The second-order valence-electron chi connectivity index (χ2n) is 15.3. The average Bonchev–Trinajstić information content (AvgIpc) is 3.91. The molecule has 2 heterocycles. The van der Waals surface area contributed by atoms with E-state index in [4.69, 9.17) is 13.8 Å². The molecule has 0 atom stereocenters. The number of nitrogens with zero attached hydrogens (tertiary/aromatic N) is 2. The van der Waals surface area contributed by atoms with Gasteiger partial charge >= 0.3 is 0 Å². The van der Waals surface area contributed by atoms with E-state index in [1.54, 1.807) is 0 Å². The van der Waals surface area contributed by atoms with Gasteiger partial charge in [-0.3, -0.25) is 0 Å². The number of hydrogen-bond donors (Lipinski definition) is 0. The van der Waals surface area contributed by atoms with Gasteiger partial charge in [-0.2, -0.15) is 0 Å². The average molecular weight is 784 g/mol. The van der Waals surface area contributed by atoms with Gasteiger partial charge in [-0.1, -0.05) is 156 Å². The van der Waals surface area contributed by atoms with Gasteiger partial charge in [0.25, 0.3) is 0 Å². The van der Waals surface area contributed by atoms with Gasteiger partial charge in [0.2, 0.25) is 5.89 Å². The highest BCUT2D eigenvalue weighted by Gasteiger charge is 2.24. The molecule has 2 aromatic heterocycles. The summed E-state index contributed by atoms with van der Waals surface area (Å²) in [7, 11) is -1.35. The maximum absolute atomic E-state index is 6.67. The van der Waals surface area contributed by atoms with E-state index in [1.165, 1.54) is 15.6 Å². The smallest absolute Gasteiger partial charge is 0.227 e. The Kier molecular flexibility index (Phi) is 8.00. The number of benzene rings is 10. The molecule has 10 aromatic carbocycles. The number of aromatic nitrogens is 1. The predicted octanol–water partition coefficient (Wildman–Crippen LogP) is 12.8. The molecular formula is C55H35N2O2Si. The molecule has 12 aromatic rings. The Bertz CT molecular complexity index is 3520. The Balaban J connectivity index is 1.12. The van der Waals surface area contributed by atoms with Crippen molar-refractivity contribution in [1.29, 1.82) is 0 Å². The maximum Gasteiger partial charge on any atom is 0.227 e. The number of para-hydroxylation sites is 1. The molecule has 0 saturated carbocycles. The number of furan rings is 1. The van der Waals surface area contributed by atoms with E-state index in [-0.39, 0.29) is 0 Å². The van der Waals surface area contributed by atoms with Gasteiger partial charge in [-0.15, -0.1) is 0 Å². The first-order chi connectivity index (χ1) is 29.7. The fourth-order valence-corrected chi connectivity index (χ4v) is 11.6. The first-order valence-corrected chi connectivity index (χ1v) is 21.8. The summed E-state index contributed by atoms with van der Waals surface area (Å²) in [6.45, 7) is 0. The summed E-state index contributed by atoms with van der Waals surface area (Å²) in [5, 5.41) is 12.9. The standard InChI is InChI=1S/C55H35N2O2Si/c1-4-14-38(15-5-1)55-56-49-31-29-37-27-26-36-28-30-41(34-47(36)53(37)54(49)59-55)57(50-24-12-16-39-32-52-48(35-46(39)50)45-23-10-11-25-51(45)58-52)40-17-13-22-44(33-40)60(42-18-6-2-7-19-42)43-20-8-3-9-21-43/h1-35H. The van der Waals surface area contributed by atoms with Gasteiger partial charge in [-0.25, -0.2) is 4.98 Å². The molecule has 60 heavy (non-hydrogen) atoms. The minimum atomic E-state index is -1.35. The fourth-order valence-electron chi connectivity index (χ4n) is 8.96. The zero-order valence-electron chi connectivity index (χ0n) is 32.4. The second-order valence-corrected chi connectivity index (χ2v) is 17.8. The number of anilines is 3. The lowest BCUT2D eigenvalue weighted by molar-refractivity contribution is 0.623. The highest BCUT2D eigenvalue weighted by molar-refractivity contribution is 6.95. The van der Waals surface area contributed by atoms with Crippen LogP contribution in [0, 0.1) is 0 Å². The van der Waals surface area contributed by atoms with Gasteiger partial charge in [0.15, 0.2) is 14.4 Å². The minimum Gasteiger partial charge on any atom is -0.456 e. The Morgan fingerprint density at radius 1 is 0.400 bits per heavy atom. The van der Waals surface area contributed by atoms with Crippen LogP contribution < -0.4 is 20.5 Å². The summed E-state index contributed by atoms with van der Waals surface area (Å²) in [6.07, 6.45) is 0. The van der Waals surface area contributed by atoms with Crippen LogP contribution in [0.2, 0.25) is 0 Å². The second kappa shape index (κ2) is 14.0. The van der Waals surface area contributed by atoms with Crippen molar-refractivity contribution in [2.75, 3.05) is 4.90 Å². The van der Waals surface area contributed by atoms with Crippen molar-refractivity contribution in [3.63, 3.8) is 0 Å². The summed E-state index contributed by atoms with van der Waals surface area (Å²) in [4.78, 5) is 7.40. The highest BCUT2D eigenvalue weighted by atomic mass is 28.3. The molecule has 5 heteroatoms. The third kappa shape index (κ3) is 5.70. The Morgan fingerprint density at radius 2 is 1.07 bits per heavy atom. The van der Waals surface area contributed by atoms with E-state index in [0.717, 1.165) is 88.0 Å². The minimum absolute atomic E-state index is 0.619. The van der Waals surface area contributed by atoms with Crippen LogP contribution in [-0.4, -0.2) is 13.8 Å². The van der Waals surface area contributed by atoms with Crippen molar-refractivity contribution in [2.24, 2.45) is 0 Å². The van der Waals surface area contributed by atoms with Crippen molar-refractivity contribution < 1.29 is 8.83 Å². The molecule has 12 rings (SSSR count).